The van der Waals surface area contributed by atoms with Crippen molar-refractivity contribution in [3.8, 4) is 22.9 Å². The van der Waals surface area contributed by atoms with Crippen molar-refractivity contribution >= 4 is 22.2 Å². The predicted octanol–water partition coefficient (Wildman–Crippen LogP) is 3.32. The largest absolute Gasteiger partial charge is 0.496 e. The van der Waals surface area contributed by atoms with Gasteiger partial charge >= 0.3 is 0 Å². The van der Waals surface area contributed by atoms with Crippen molar-refractivity contribution in [3.05, 3.63) is 53.9 Å². The Hall–Kier alpha value is -3.59. The monoisotopic (exact) mass is 329 g/mol. The predicted molar refractivity (Wildman–Crippen MR) is 96.3 cm³/mol. The molecule has 0 amide bonds. The summed E-state index contributed by atoms with van der Waals surface area (Å²) in [5.74, 6) is 0.922. The summed E-state index contributed by atoms with van der Waals surface area (Å²) in [7, 11) is 1.64. The number of rotatable bonds is 2. The number of nitrogen functional groups attached to an aromatic ring is 1. The quantitative estimate of drug-likeness (QED) is 0.609. The van der Waals surface area contributed by atoms with Crippen LogP contribution in [-0.2, 0) is 0 Å². The molecule has 0 saturated heterocycles. The molecule has 0 spiro atoms. The standard InChI is InChI=1S/C19H15N5O/c1-11-3-5-14-12(7-11)4-6-16(25-2)17(14)13-9-22-19-15(8-20)18(21)23-24(19)10-13/h3-7,9-10H,1-2H3,(H2,21,23). The average molecular weight is 329 g/mol. The zero-order valence-corrected chi connectivity index (χ0v) is 13.8. The third kappa shape index (κ3) is 2.25. The molecule has 0 unspecified atom stereocenters. The van der Waals surface area contributed by atoms with Crippen LogP contribution in [-0.4, -0.2) is 21.7 Å². The minimum atomic E-state index is 0.174. The van der Waals surface area contributed by atoms with Gasteiger partial charge in [-0.15, -0.1) is 5.10 Å². The van der Waals surface area contributed by atoms with Crippen LogP contribution in [0.25, 0.3) is 27.5 Å². The van der Waals surface area contributed by atoms with Crippen molar-refractivity contribution in [3.63, 3.8) is 0 Å². The van der Waals surface area contributed by atoms with Gasteiger partial charge in [0.1, 0.15) is 17.4 Å². The number of nitrogens with two attached hydrogens (primary N) is 1. The van der Waals surface area contributed by atoms with Gasteiger partial charge in [0, 0.05) is 23.5 Å². The highest BCUT2D eigenvalue weighted by Crippen LogP contribution is 2.37. The molecule has 0 aliphatic carbocycles. The Kier molecular flexibility index (Phi) is 3.29. The highest BCUT2D eigenvalue weighted by atomic mass is 16.5. The molecule has 0 radical (unpaired) electrons. The van der Waals surface area contributed by atoms with Crippen LogP contribution in [0.4, 0.5) is 5.82 Å². The molecule has 2 aromatic carbocycles. The first-order valence-electron chi connectivity index (χ1n) is 7.74. The fourth-order valence-corrected chi connectivity index (χ4v) is 3.09. The van der Waals surface area contributed by atoms with E-state index in [1.807, 2.05) is 24.4 Å². The number of hydrogen-bond acceptors (Lipinski definition) is 5. The molecule has 0 saturated carbocycles. The van der Waals surface area contributed by atoms with Gasteiger partial charge in [-0.25, -0.2) is 9.50 Å². The molecule has 0 aliphatic heterocycles. The average Bonchev–Trinajstić information content (AvgIpc) is 2.94. The lowest BCUT2D eigenvalue weighted by Crippen LogP contribution is -1.95. The lowest BCUT2D eigenvalue weighted by Gasteiger charge is -2.13. The summed E-state index contributed by atoms with van der Waals surface area (Å²) < 4.78 is 7.10. The van der Waals surface area contributed by atoms with E-state index < -0.39 is 0 Å². The van der Waals surface area contributed by atoms with Crippen molar-refractivity contribution in [2.75, 3.05) is 12.8 Å². The molecule has 25 heavy (non-hydrogen) atoms. The molecular weight excluding hydrogens is 314 g/mol. The summed E-state index contributed by atoms with van der Waals surface area (Å²) in [6, 6.07) is 12.3. The summed E-state index contributed by atoms with van der Waals surface area (Å²) in [5.41, 5.74) is 9.49. The van der Waals surface area contributed by atoms with E-state index in [9.17, 15) is 5.26 Å². The molecule has 6 heteroatoms. The Morgan fingerprint density at radius 1 is 1.24 bits per heavy atom. The first-order valence-corrected chi connectivity index (χ1v) is 7.74. The van der Waals surface area contributed by atoms with E-state index in [0.717, 1.165) is 27.6 Å². The van der Waals surface area contributed by atoms with E-state index in [1.165, 1.54) is 10.1 Å². The Labute approximate surface area is 144 Å². The van der Waals surface area contributed by atoms with E-state index in [-0.39, 0.29) is 11.4 Å². The maximum Gasteiger partial charge on any atom is 0.175 e. The first-order chi connectivity index (χ1) is 12.1. The zero-order valence-electron chi connectivity index (χ0n) is 13.8. The Morgan fingerprint density at radius 2 is 2.08 bits per heavy atom. The van der Waals surface area contributed by atoms with Crippen molar-refractivity contribution in [2.24, 2.45) is 0 Å². The van der Waals surface area contributed by atoms with E-state index in [0.29, 0.717) is 5.65 Å². The van der Waals surface area contributed by atoms with Crippen LogP contribution in [0.3, 0.4) is 0 Å². The van der Waals surface area contributed by atoms with Gasteiger partial charge in [0.05, 0.1) is 7.11 Å². The van der Waals surface area contributed by atoms with Crippen LogP contribution in [0.1, 0.15) is 11.1 Å². The number of benzene rings is 2. The molecule has 2 heterocycles. The van der Waals surface area contributed by atoms with E-state index >= 15 is 0 Å². The first kappa shape index (κ1) is 15.0. The second-order valence-corrected chi connectivity index (χ2v) is 5.85. The molecule has 0 bridgehead atoms. The number of fused-ring (bicyclic) bond motifs is 2. The summed E-state index contributed by atoms with van der Waals surface area (Å²) >= 11 is 0. The van der Waals surface area contributed by atoms with Crippen molar-refractivity contribution < 1.29 is 4.74 Å². The van der Waals surface area contributed by atoms with Crippen LogP contribution in [0.5, 0.6) is 5.75 Å². The van der Waals surface area contributed by atoms with Gasteiger partial charge in [-0.1, -0.05) is 29.8 Å². The van der Waals surface area contributed by atoms with E-state index in [4.69, 9.17) is 10.5 Å². The molecule has 2 aromatic heterocycles. The number of hydrogen-bond donors (Lipinski definition) is 1. The second-order valence-electron chi connectivity index (χ2n) is 5.85. The molecule has 6 nitrogen and oxygen atoms in total. The Balaban J connectivity index is 2.04. The topological polar surface area (TPSA) is 89.2 Å². The van der Waals surface area contributed by atoms with Gasteiger partial charge < -0.3 is 10.5 Å². The second kappa shape index (κ2) is 5.49. The number of methoxy groups -OCH3 is 1. The summed E-state index contributed by atoms with van der Waals surface area (Å²) in [4.78, 5) is 4.39. The van der Waals surface area contributed by atoms with Gasteiger partial charge in [-0.05, 0) is 23.8 Å². The molecule has 0 fully saturated rings. The van der Waals surface area contributed by atoms with Crippen molar-refractivity contribution in [2.45, 2.75) is 6.92 Å². The highest BCUT2D eigenvalue weighted by molar-refractivity contribution is 6.00. The summed E-state index contributed by atoms with van der Waals surface area (Å²) in [6.45, 7) is 2.06. The smallest absolute Gasteiger partial charge is 0.175 e. The molecule has 0 aliphatic rings. The van der Waals surface area contributed by atoms with Crippen LogP contribution in [0.2, 0.25) is 0 Å². The minimum Gasteiger partial charge on any atom is -0.496 e. The fourth-order valence-electron chi connectivity index (χ4n) is 3.09. The van der Waals surface area contributed by atoms with Gasteiger partial charge in [-0.2, -0.15) is 5.26 Å². The van der Waals surface area contributed by atoms with Crippen LogP contribution >= 0.6 is 0 Å². The number of ether oxygens (including phenoxy) is 1. The van der Waals surface area contributed by atoms with Crippen molar-refractivity contribution in [1.29, 1.82) is 5.26 Å². The maximum atomic E-state index is 9.20. The normalized spacial score (nSPS) is 10.9. The van der Waals surface area contributed by atoms with Crippen LogP contribution in [0.15, 0.2) is 42.7 Å². The maximum absolute atomic E-state index is 9.20. The van der Waals surface area contributed by atoms with Crippen LogP contribution in [0, 0.1) is 18.3 Å². The van der Waals surface area contributed by atoms with Crippen molar-refractivity contribution in [1.82, 2.24) is 14.6 Å². The molecular formula is C19H15N5O. The molecule has 0 atom stereocenters. The van der Waals surface area contributed by atoms with Gasteiger partial charge in [-0.3, -0.25) is 0 Å². The minimum absolute atomic E-state index is 0.174. The third-order valence-corrected chi connectivity index (χ3v) is 4.26. The summed E-state index contributed by atoms with van der Waals surface area (Å²) in [5, 5.41) is 15.6. The van der Waals surface area contributed by atoms with E-state index in [2.05, 4.69) is 35.2 Å². The SMILES string of the molecule is COc1ccc2cc(C)ccc2c1-c1cnc2c(C#N)c(N)nn2c1. The summed E-state index contributed by atoms with van der Waals surface area (Å²) in [6.07, 6.45) is 3.53. The lowest BCUT2D eigenvalue weighted by molar-refractivity contribution is 0.417. The van der Waals surface area contributed by atoms with Gasteiger partial charge in [0.2, 0.25) is 0 Å². The number of nitriles is 1. The highest BCUT2D eigenvalue weighted by Gasteiger charge is 2.15. The number of anilines is 1. The molecule has 122 valence electrons. The van der Waals surface area contributed by atoms with Gasteiger partial charge in [0.25, 0.3) is 0 Å². The third-order valence-electron chi connectivity index (χ3n) is 4.26. The Morgan fingerprint density at radius 3 is 2.84 bits per heavy atom. The lowest BCUT2D eigenvalue weighted by atomic mass is 9.98. The fraction of sp³-hybridized carbons (Fsp3) is 0.105. The molecule has 4 rings (SSSR count). The number of aromatic nitrogens is 3. The van der Waals surface area contributed by atoms with E-state index in [1.54, 1.807) is 13.3 Å². The Bertz CT molecular complexity index is 1170. The zero-order chi connectivity index (χ0) is 17.6. The number of aryl methyl sites for hydroxylation is 1. The molecule has 4 aromatic rings. The molecule has 2 N–H and O–H groups in total. The number of nitrogens with zero attached hydrogens (tertiary/aromatic N) is 4. The van der Waals surface area contributed by atoms with Gasteiger partial charge in [0.15, 0.2) is 11.5 Å². The van der Waals surface area contributed by atoms with Crippen LogP contribution < -0.4 is 10.5 Å².